The summed E-state index contributed by atoms with van der Waals surface area (Å²) in [4.78, 5) is 10.9. The Hall–Kier alpha value is -0.610. The molecule has 0 bridgehead atoms. The number of hydrogen-bond acceptors (Lipinski definition) is 4. The van der Waals surface area contributed by atoms with Gasteiger partial charge in [0.25, 0.3) is 0 Å². The van der Waals surface area contributed by atoms with Gasteiger partial charge in [-0.1, -0.05) is 6.58 Å². The smallest absolute Gasteiger partial charge is 0.295 e. The molecular formula is C8H16NO4P+2. The summed E-state index contributed by atoms with van der Waals surface area (Å²) < 4.78 is 20.4. The van der Waals surface area contributed by atoms with E-state index in [0.717, 1.165) is 0 Å². The summed E-state index contributed by atoms with van der Waals surface area (Å²) in [6.45, 7) is 3.78. The molecule has 0 heterocycles. The summed E-state index contributed by atoms with van der Waals surface area (Å²) in [6.07, 6.45) is 1.57. The maximum Gasteiger partial charge on any atom is 0.750 e. The SMILES string of the molecule is C=CC(=O)CC[N+](C)(C)O[P+](=O)OC. The molecule has 0 aromatic heterocycles. The lowest BCUT2D eigenvalue weighted by atomic mass is 10.3. The molecule has 0 spiro atoms. The summed E-state index contributed by atoms with van der Waals surface area (Å²) in [5.41, 5.74) is 0. The molecule has 0 rings (SSSR count). The maximum absolute atomic E-state index is 10.9. The Balaban J connectivity index is 4.00. The molecule has 1 unspecified atom stereocenters. The fraction of sp³-hybridized carbons (Fsp3) is 0.625. The average molecular weight is 221 g/mol. The van der Waals surface area contributed by atoms with Crippen molar-refractivity contribution in [1.82, 2.24) is 0 Å². The second kappa shape index (κ2) is 5.98. The number of nitrogens with zero attached hydrogens (tertiary/aromatic N) is 1. The van der Waals surface area contributed by atoms with Crippen molar-refractivity contribution in [3.05, 3.63) is 12.7 Å². The van der Waals surface area contributed by atoms with Crippen LogP contribution in [0.25, 0.3) is 0 Å². The number of carbonyl (C=O) groups is 1. The third-order valence-corrected chi connectivity index (χ3v) is 2.43. The molecule has 0 aliphatic rings. The van der Waals surface area contributed by atoms with Gasteiger partial charge in [-0.05, 0) is 6.08 Å². The van der Waals surface area contributed by atoms with Crippen molar-refractivity contribution in [1.29, 1.82) is 0 Å². The van der Waals surface area contributed by atoms with Gasteiger partial charge in [0.1, 0.15) is 20.6 Å². The number of carbonyl (C=O) groups excluding carboxylic acids is 1. The Morgan fingerprint density at radius 2 is 2.14 bits per heavy atom. The van der Waals surface area contributed by atoms with Crippen LogP contribution in [0, 0.1) is 0 Å². The van der Waals surface area contributed by atoms with Gasteiger partial charge in [0.05, 0.1) is 18.2 Å². The van der Waals surface area contributed by atoms with Crippen molar-refractivity contribution < 1.29 is 23.2 Å². The summed E-state index contributed by atoms with van der Waals surface area (Å²) in [6, 6.07) is 0. The predicted octanol–water partition coefficient (Wildman–Crippen LogP) is 1.44. The van der Waals surface area contributed by atoms with Crippen LogP contribution in [0.3, 0.4) is 0 Å². The zero-order chi connectivity index (χ0) is 11.2. The van der Waals surface area contributed by atoms with Crippen molar-refractivity contribution in [2.75, 3.05) is 27.7 Å². The molecule has 0 aliphatic heterocycles. The number of ketones is 1. The van der Waals surface area contributed by atoms with E-state index in [1.54, 1.807) is 14.1 Å². The van der Waals surface area contributed by atoms with E-state index in [4.69, 9.17) is 4.62 Å². The summed E-state index contributed by atoms with van der Waals surface area (Å²) in [7, 11) is 2.58. The first-order chi connectivity index (χ1) is 6.41. The molecule has 0 saturated heterocycles. The lowest BCUT2D eigenvalue weighted by Gasteiger charge is -2.17. The number of quaternary nitrogens is 1. The van der Waals surface area contributed by atoms with Crippen LogP contribution in [-0.4, -0.2) is 38.2 Å². The van der Waals surface area contributed by atoms with Crippen LogP contribution in [0.4, 0.5) is 0 Å². The molecule has 5 nitrogen and oxygen atoms in total. The van der Waals surface area contributed by atoms with Gasteiger partial charge in [-0.2, -0.15) is 0 Å². The third-order valence-electron chi connectivity index (χ3n) is 1.56. The Bertz CT molecular complexity index is 239. The van der Waals surface area contributed by atoms with Crippen LogP contribution < -0.4 is 0 Å². The highest BCUT2D eigenvalue weighted by molar-refractivity contribution is 7.33. The molecule has 0 radical (unpaired) electrons. The molecule has 80 valence electrons. The monoisotopic (exact) mass is 221 g/mol. The van der Waals surface area contributed by atoms with Crippen LogP contribution in [-0.2, 0) is 18.5 Å². The molecule has 14 heavy (non-hydrogen) atoms. The molecule has 6 heteroatoms. The van der Waals surface area contributed by atoms with Crippen molar-refractivity contribution in [2.45, 2.75) is 6.42 Å². The van der Waals surface area contributed by atoms with Gasteiger partial charge in [0, 0.05) is 4.57 Å². The number of hydrogen-bond donors (Lipinski definition) is 0. The molecule has 0 fully saturated rings. The van der Waals surface area contributed by atoms with Crippen molar-refractivity contribution in [3.63, 3.8) is 0 Å². The van der Waals surface area contributed by atoms with E-state index in [9.17, 15) is 9.36 Å². The van der Waals surface area contributed by atoms with Gasteiger partial charge in [-0.15, -0.1) is 9.17 Å². The van der Waals surface area contributed by atoms with Gasteiger partial charge in [-0.25, -0.2) is 0 Å². The van der Waals surface area contributed by atoms with Crippen LogP contribution in [0.2, 0.25) is 0 Å². The second-order valence-electron chi connectivity index (χ2n) is 3.21. The summed E-state index contributed by atoms with van der Waals surface area (Å²) in [5, 5.41) is 0. The van der Waals surface area contributed by atoms with Gasteiger partial charge in [-0.3, -0.25) is 4.79 Å². The molecule has 0 aromatic rings. The normalized spacial score (nSPS) is 12.4. The first kappa shape index (κ1) is 13.4. The topological polar surface area (TPSA) is 52.6 Å². The molecule has 0 saturated carbocycles. The Morgan fingerprint density at radius 1 is 1.57 bits per heavy atom. The largest absolute Gasteiger partial charge is 0.750 e. The highest BCUT2D eigenvalue weighted by Crippen LogP contribution is 2.26. The van der Waals surface area contributed by atoms with Crippen LogP contribution in [0.5, 0.6) is 0 Å². The van der Waals surface area contributed by atoms with E-state index in [1.165, 1.54) is 13.2 Å². The van der Waals surface area contributed by atoms with Gasteiger partial charge in [0.15, 0.2) is 5.78 Å². The molecule has 0 aromatic carbocycles. The molecule has 0 N–H and O–H groups in total. The van der Waals surface area contributed by atoms with E-state index < -0.39 is 8.25 Å². The minimum atomic E-state index is -2.12. The van der Waals surface area contributed by atoms with Crippen LogP contribution in [0.1, 0.15) is 6.42 Å². The van der Waals surface area contributed by atoms with E-state index >= 15 is 0 Å². The predicted molar refractivity (Wildman–Crippen MR) is 52.5 cm³/mol. The quantitative estimate of drug-likeness (QED) is 0.282. The standard InChI is InChI=1S/C8H16NO4P/c1-5-8(10)6-7-9(2,3)13-14(11)12-4/h5H,1,6-7H2,2-4H3/q+2. The summed E-state index contributed by atoms with van der Waals surface area (Å²) >= 11 is 0. The van der Waals surface area contributed by atoms with E-state index in [0.29, 0.717) is 13.0 Å². The van der Waals surface area contributed by atoms with E-state index in [2.05, 4.69) is 11.1 Å². The number of allylic oxidation sites excluding steroid dienone is 1. The number of hydroxylamine groups is 3. The maximum atomic E-state index is 10.9. The molecule has 0 aliphatic carbocycles. The average Bonchev–Trinajstić information content (AvgIpc) is 2.13. The van der Waals surface area contributed by atoms with E-state index in [-0.39, 0.29) is 10.4 Å². The van der Waals surface area contributed by atoms with Crippen molar-refractivity contribution in [2.24, 2.45) is 0 Å². The van der Waals surface area contributed by atoms with Crippen molar-refractivity contribution in [3.8, 4) is 0 Å². The van der Waals surface area contributed by atoms with Crippen LogP contribution >= 0.6 is 8.25 Å². The van der Waals surface area contributed by atoms with Gasteiger partial charge < -0.3 is 0 Å². The highest BCUT2D eigenvalue weighted by atomic mass is 31.1. The first-order valence-electron chi connectivity index (χ1n) is 4.10. The van der Waals surface area contributed by atoms with Crippen LogP contribution in [0.15, 0.2) is 12.7 Å². The lowest BCUT2D eigenvalue weighted by molar-refractivity contribution is -1.05. The lowest BCUT2D eigenvalue weighted by Crippen LogP contribution is -2.39. The number of rotatable bonds is 7. The fourth-order valence-electron chi connectivity index (χ4n) is 0.736. The second-order valence-corrected chi connectivity index (χ2v) is 4.18. The fourth-order valence-corrected chi connectivity index (χ4v) is 1.25. The first-order valence-corrected chi connectivity index (χ1v) is 5.20. The Labute approximate surface area is 84.8 Å². The molecular weight excluding hydrogens is 205 g/mol. The summed E-state index contributed by atoms with van der Waals surface area (Å²) in [5.74, 6) is -0.0626. The zero-order valence-electron chi connectivity index (χ0n) is 8.73. The Morgan fingerprint density at radius 3 is 2.57 bits per heavy atom. The third kappa shape index (κ3) is 5.94. The highest BCUT2D eigenvalue weighted by Gasteiger charge is 2.33. The Kier molecular flexibility index (Phi) is 5.72. The molecule has 0 amide bonds. The minimum absolute atomic E-state index is 0.0165. The zero-order valence-corrected chi connectivity index (χ0v) is 9.62. The minimum Gasteiger partial charge on any atom is -0.295 e. The molecule has 1 atom stereocenters. The van der Waals surface area contributed by atoms with Gasteiger partial charge >= 0.3 is 8.25 Å². The van der Waals surface area contributed by atoms with Crippen molar-refractivity contribution >= 4 is 14.0 Å². The van der Waals surface area contributed by atoms with Gasteiger partial charge in [0.2, 0.25) is 0 Å². The van der Waals surface area contributed by atoms with E-state index in [1.807, 2.05) is 0 Å².